The molecule has 0 aliphatic heterocycles. The van der Waals surface area contributed by atoms with E-state index in [2.05, 4.69) is 5.10 Å². The minimum atomic E-state index is -0.680. The van der Waals surface area contributed by atoms with Crippen molar-refractivity contribution in [1.82, 2.24) is 9.78 Å². The smallest absolute Gasteiger partial charge is 0.360 e. The minimum Gasteiger partial charge on any atom is -0.464 e. The van der Waals surface area contributed by atoms with Crippen LogP contribution < -0.4 is 0 Å². The first-order valence-electron chi connectivity index (χ1n) is 7.01. The summed E-state index contributed by atoms with van der Waals surface area (Å²) in [4.78, 5) is 12.0. The highest BCUT2D eigenvalue weighted by atomic mass is 35.5. The first-order chi connectivity index (χ1) is 12.0. The van der Waals surface area contributed by atoms with E-state index in [1.165, 1.54) is 11.8 Å². The number of esters is 1. The van der Waals surface area contributed by atoms with Crippen LogP contribution in [-0.4, -0.2) is 22.9 Å². The largest absolute Gasteiger partial charge is 0.464 e. The van der Waals surface area contributed by atoms with Gasteiger partial charge in [-0.3, -0.25) is 0 Å². The fourth-order valence-corrected chi connectivity index (χ4v) is 3.44. The molecule has 0 bridgehead atoms. The van der Waals surface area contributed by atoms with Gasteiger partial charge >= 0.3 is 5.97 Å². The van der Waals surface area contributed by atoms with E-state index < -0.39 is 5.97 Å². The molecule has 0 atom stereocenters. The van der Waals surface area contributed by atoms with E-state index in [0.717, 1.165) is 0 Å². The molecule has 0 aliphatic carbocycles. The van der Waals surface area contributed by atoms with Gasteiger partial charge in [0.05, 0.1) is 27.9 Å². The van der Waals surface area contributed by atoms with E-state index in [0.29, 0.717) is 32.0 Å². The number of nitrogens with zero attached hydrogens (tertiary/aromatic N) is 2. The first kappa shape index (κ1) is 18.1. The summed E-state index contributed by atoms with van der Waals surface area (Å²) in [6.45, 7) is 0. The van der Waals surface area contributed by atoms with Gasteiger partial charge < -0.3 is 4.74 Å². The number of hydrogen-bond acceptors (Lipinski definition) is 3. The van der Waals surface area contributed by atoms with Crippen molar-refractivity contribution in [2.24, 2.45) is 0 Å². The second-order valence-corrected chi connectivity index (χ2v) is 6.56. The van der Waals surface area contributed by atoms with E-state index in [9.17, 15) is 4.79 Å². The number of rotatable bonds is 3. The average molecular weight is 416 g/mol. The maximum absolute atomic E-state index is 12.0. The molecule has 0 saturated heterocycles. The zero-order chi connectivity index (χ0) is 18.1. The highest BCUT2D eigenvalue weighted by Gasteiger charge is 2.27. The highest BCUT2D eigenvalue weighted by molar-refractivity contribution is 6.39. The van der Waals surface area contributed by atoms with Crippen molar-refractivity contribution in [2.45, 2.75) is 0 Å². The SMILES string of the molecule is COC(=O)c1nn(-c2c(Cl)cccc2Cl)c(-c2ccccc2Cl)c1Cl. The van der Waals surface area contributed by atoms with Crippen LogP contribution in [0.2, 0.25) is 20.1 Å². The molecule has 3 aromatic rings. The molecule has 8 heteroatoms. The molecule has 0 radical (unpaired) electrons. The Balaban J connectivity index is 2.39. The number of ether oxygens (including phenoxy) is 1. The summed E-state index contributed by atoms with van der Waals surface area (Å²) in [6, 6.07) is 12.1. The lowest BCUT2D eigenvalue weighted by Crippen LogP contribution is -2.05. The van der Waals surface area contributed by atoms with E-state index in [4.69, 9.17) is 51.1 Å². The predicted octanol–water partition coefficient (Wildman–Crippen LogP) is 5.94. The Morgan fingerprint density at radius 3 is 2.16 bits per heavy atom. The Kier molecular flexibility index (Phi) is 5.25. The maximum Gasteiger partial charge on any atom is 0.360 e. The summed E-state index contributed by atoms with van der Waals surface area (Å²) in [5, 5.41) is 5.49. The lowest BCUT2D eigenvalue weighted by atomic mass is 10.1. The number of halogens is 4. The van der Waals surface area contributed by atoms with Crippen LogP contribution in [0.5, 0.6) is 0 Å². The quantitative estimate of drug-likeness (QED) is 0.497. The lowest BCUT2D eigenvalue weighted by Gasteiger charge is -2.12. The Morgan fingerprint density at radius 1 is 0.960 bits per heavy atom. The third kappa shape index (κ3) is 3.23. The van der Waals surface area contributed by atoms with Crippen LogP contribution in [0.15, 0.2) is 42.5 Å². The molecule has 0 saturated carbocycles. The molecule has 128 valence electrons. The van der Waals surface area contributed by atoms with Gasteiger partial charge in [-0.2, -0.15) is 5.10 Å². The number of benzene rings is 2. The van der Waals surface area contributed by atoms with Crippen LogP contribution >= 0.6 is 46.4 Å². The Morgan fingerprint density at radius 2 is 1.56 bits per heavy atom. The van der Waals surface area contributed by atoms with E-state index in [1.807, 2.05) is 0 Å². The van der Waals surface area contributed by atoms with Gasteiger partial charge in [-0.1, -0.05) is 70.7 Å². The van der Waals surface area contributed by atoms with Gasteiger partial charge in [-0.05, 0) is 18.2 Å². The zero-order valence-electron chi connectivity index (χ0n) is 12.8. The summed E-state index contributed by atoms with van der Waals surface area (Å²) in [7, 11) is 1.25. The van der Waals surface area contributed by atoms with Crippen LogP contribution in [0.25, 0.3) is 16.9 Å². The normalized spacial score (nSPS) is 10.8. The van der Waals surface area contributed by atoms with E-state index >= 15 is 0 Å². The molecule has 4 nitrogen and oxygen atoms in total. The second-order valence-electron chi connectivity index (χ2n) is 4.96. The number of hydrogen-bond donors (Lipinski definition) is 0. The molecule has 25 heavy (non-hydrogen) atoms. The van der Waals surface area contributed by atoms with Crippen molar-refractivity contribution in [3.05, 3.63) is 68.2 Å². The number of para-hydroxylation sites is 1. The van der Waals surface area contributed by atoms with Crippen molar-refractivity contribution in [2.75, 3.05) is 7.11 Å². The summed E-state index contributed by atoms with van der Waals surface area (Å²) >= 11 is 25.3. The predicted molar refractivity (Wildman–Crippen MR) is 100 cm³/mol. The highest BCUT2D eigenvalue weighted by Crippen LogP contribution is 2.40. The van der Waals surface area contributed by atoms with Gasteiger partial charge in [-0.25, -0.2) is 9.48 Å². The second kappa shape index (κ2) is 7.26. The van der Waals surface area contributed by atoms with Crippen LogP contribution in [-0.2, 0) is 4.74 Å². The summed E-state index contributed by atoms with van der Waals surface area (Å²) in [5.74, 6) is -0.680. The van der Waals surface area contributed by atoms with Crippen LogP contribution in [0.1, 0.15) is 10.5 Å². The Labute approximate surface area is 163 Å². The Bertz CT molecular complexity index is 949. The molecule has 0 aliphatic rings. The fourth-order valence-electron chi connectivity index (χ4n) is 2.36. The molecule has 0 fully saturated rings. The van der Waals surface area contributed by atoms with Crippen LogP contribution in [0.3, 0.4) is 0 Å². The lowest BCUT2D eigenvalue weighted by molar-refractivity contribution is 0.0593. The van der Waals surface area contributed by atoms with Gasteiger partial charge in [0, 0.05) is 5.56 Å². The molecule has 2 aromatic carbocycles. The summed E-state index contributed by atoms with van der Waals surface area (Å²) in [5.41, 5.74) is 1.29. The van der Waals surface area contributed by atoms with Gasteiger partial charge in [0.2, 0.25) is 0 Å². The van der Waals surface area contributed by atoms with Gasteiger partial charge in [0.15, 0.2) is 5.69 Å². The topological polar surface area (TPSA) is 44.1 Å². The van der Waals surface area contributed by atoms with Crippen LogP contribution in [0, 0.1) is 0 Å². The molecule has 0 N–H and O–H groups in total. The molecule has 1 aromatic heterocycles. The van der Waals surface area contributed by atoms with E-state index in [1.54, 1.807) is 42.5 Å². The molecule has 1 heterocycles. The van der Waals surface area contributed by atoms with Crippen molar-refractivity contribution in [3.8, 4) is 16.9 Å². The van der Waals surface area contributed by atoms with Crippen LogP contribution in [0.4, 0.5) is 0 Å². The molecule has 0 unspecified atom stereocenters. The number of carbonyl (C=O) groups excluding carboxylic acids is 1. The Hall–Kier alpha value is -1.72. The number of aromatic nitrogens is 2. The first-order valence-corrected chi connectivity index (χ1v) is 8.53. The van der Waals surface area contributed by atoms with Crippen molar-refractivity contribution < 1.29 is 9.53 Å². The summed E-state index contributed by atoms with van der Waals surface area (Å²) < 4.78 is 6.15. The molecule has 0 amide bonds. The average Bonchev–Trinajstić information content (AvgIpc) is 2.91. The number of carbonyl (C=O) groups is 1. The van der Waals surface area contributed by atoms with Gasteiger partial charge in [-0.15, -0.1) is 0 Å². The molecule has 3 rings (SSSR count). The summed E-state index contributed by atoms with van der Waals surface area (Å²) in [6.07, 6.45) is 0. The molecular weight excluding hydrogens is 406 g/mol. The van der Waals surface area contributed by atoms with E-state index in [-0.39, 0.29) is 10.7 Å². The standard InChI is InChI=1S/C17H10Cl4N2O2/c1-25-17(24)14-13(21)15(9-5-2-3-6-10(9)18)23(22-14)16-11(19)7-4-8-12(16)20/h2-8H,1H3. The third-order valence-corrected chi connectivity index (χ3v) is 4.78. The number of methoxy groups -OCH3 is 1. The molecule has 0 spiro atoms. The molecular formula is C17H10Cl4N2O2. The van der Waals surface area contributed by atoms with Crippen molar-refractivity contribution in [1.29, 1.82) is 0 Å². The third-order valence-electron chi connectivity index (χ3n) is 3.48. The zero-order valence-corrected chi connectivity index (χ0v) is 15.8. The van der Waals surface area contributed by atoms with Crippen molar-refractivity contribution in [3.63, 3.8) is 0 Å². The minimum absolute atomic E-state index is 0.0601. The monoisotopic (exact) mass is 414 g/mol. The van der Waals surface area contributed by atoms with Gasteiger partial charge in [0.25, 0.3) is 0 Å². The fraction of sp³-hybridized carbons (Fsp3) is 0.0588. The van der Waals surface area contributed by atoms with Gasteiger partial charge in [0.1, 0.15) is 10.7 Å². The van der Waals surface area contributed by atoms with Crippen molar-refractivity contribution >= 4 is 52.4 Å². The maximum atomic E-state index is 12.0.